The van der Waals surface area contributed by atoms with Gasteiger partial charge in [0.05, 0.1) is 28.1 Å². The lowest BCUT2D eigenvalue weighted by Crippen LogP contribution is -2.27. The number of imidazole rings is 1. The number of rotatable bonds is 3. The van der Waals surface area contributed by atoms with Crippen LogP contribution in [-0.4, -0.2) is 25.8 Å². The molecule has 0 saturated heterocycles. The fraction of sp³-hybridized carbons (Fsp3) is 0.111. The molecule has 0 radical (unpaired) electrons. The quantitative estimate of drug-likeness (QED) is 0.608. The van der Waals surface area contributed by atoms with Gasteiger partial charge in [0.15, 0.2) is 0 Å². The van der Waals surface area contributed by atoms with E-state index in [0.717, 1.165) is 22.4 Å². The van der Waals surface area contributed by atoms with E-state index >= 15 is 0 Å². The molecule has 0 aliphatic rings. The van der Waals surface area contributed by atoms with Crippen molar-refractivity contribution in [3.8, 4) is 0 Å². The van der Waals surface area contributed by atoms with Crippen molar-refractivity contribution in [2.45, 2.75) is 13.0 Å². The van der Waals surface area contributed by atoms with Crippen LogP contribution in [0, 0.1) is 0 Å². The Morgan fingerprint density at radius 1 is 1.04 bits per heavy atom. The molecule has 0 aliphatic carbocycles. The number of hydrogen-bond acceptors (Lipinski definition) is 4. The fourth-order valence-corrected chi connectivity index (χ4v) is 2.63. The van der Waals surface area contributed by atoms with Crippen molar-refractivity contribution in [3.63, 3.8) is 0 Å². The standard InChI is InChI=1S/C18H15N5O/c1-11(17-22-14-4-2-3-5-15(14)23-17)21-18(24)12-6-7-13-16(10-12)20-9-8-19-13/h2-11H,1H3,(H,21,24)(H,22,23). The minimum atomic E-state index is -0.234. The van der Waals surface area contributed by atoms with Crippen molar-refractivity contribution < 1.29 is 4.79 Å². The number of benzene rings is 2. The average molecular weight is 317 g/mol. The van der Waals surface area contributed by atoms with Crippen molar-refractivity contribution in [2.24, 2.45) is 0 Å². The van der Waals surface area contributed by atoms with E-state index in [1.165, 1.54) is 0 Å². The number of nitrogens with zero attached hydrogens (tertiary/aromatic N) is 3. The van der Waals surface area contributed by atoms with Crippen LogP contribution in [0.5, 0.6) is 0 Å². The van der Waals surface area contributed by atoms with Gasteiger partial charge >= 0.3 is 0 Å². The number of hydrogen-bond donors (Lipinski definition) is 2. The molecule has 4 aromatic rings. The summed E-state index contributed by atoms with van der Waals surface area (Å²) in [7, 11) is 0. The number of aromatic nitrogens is 4. The minimum Gasteiger partial charge on any atom is -0.342 e. The first-order valence-corrected chi connectivity index (χ1v) is 7.67. The average Bonchev–Trinajstić information content (AvgIpc) is 3.05. The lowest BCUT2D eigenvalue weighted by molar-refractivity contribution is 0.0938. The van der Waals surface area contributed by atoms with Crippen LogP contribution in [0.3, 0.4) is 0 Å². The molecule has 24 heavy (non-hydrogen) atoms. The number of carbonyl (C=O) groups is 1. The van der Waals surface area contributed by atoms with E-state index in [9.17, 15) is 4.79 Å². The molecule has 4 rings (SSSR count). The predicted octanol–water partition coefficient (Wildman–Crippen LogP) is 3.00. The summed E-state index contributed by atoms with van der Waals surface area (Å²) in [5, 5.41) is 2.96. The highest BCUT2D eigenvalue weighted by molar-refractivity contribution is 5.97. The van der Waals surface area contributed by atoms with Gasteiger partial charge in [-0.25, -0.2) is 4.98 Å². The maximum absolute atomic E-state index is 12.5. The van der Waals surface area contributed by atoms with Crippen molar-refractivity contribution in [1.29, 1.82) is 0 Å². The molecule has 2 N–H and O–H groups in total. The molecule has 0 saturated carbocycles. The van der Waals surface area contributed by atoms with E-state index in [2.05, 4.69) is 25.3 Å². The Labute approximate surface area is 138 Å². The van der Waals surface area contributed by atoms with Gasteiger partial charge < -0.3 is 10.3 Å². The largest absolute Gasteiger partial charge is 0.342 e. The van der Waals surface area contributed by atoms with E-state index < -0.39 is 0 Å². The number of amides is 1. The van der Waals surface area contributed by atoms with Crippen molar-refractivity contribution >= 4 is 28.0 Å². The first-order valence-electron chi connectivity index (χ1n) is 7.67. The Bertz CT molecular complexity index is 1010. The summed E-state index contributed by atoms with van der Waals surface area (Å²) in [4.78, 5) is 28.7. The molecule has 0 spiro atoms. The molecule has 6 heteroatoms. The lowest BCUT2D eigenvalue weighted by atomic mass is 10.1. The second kappa shape index (κ2) is 5.73. The van der Waals surface area contributed by atoms with Crippen LogP contribution in [0.25, 0.3) is 22.1 Å². The van der Waals surface area contributed by atoms with Crippen LogP contribution in [-0.2, 0) is 0 Å². The molecule has 2 aromatic heterocycles. The molecule has 0 fully saturated rings. The smallest absolute Gasteiger partial charge is 0.251 e. The summed E-state index contributed by atoms with van der Waals surface area (Å²) in [6.07, 6.45) is 3.24. The maximum Gasteiger partial charge on any atom is 0.251 e. The number of para-hydroxylation sites is 2. The number of fused-ring (bicyclic) bond motifs is 2. The fourth-order valence-electron chi connectivity index (χ4n) is 2.63. The Balaban J connectivity index is 1.57. The van der Waals surface area contributed by atoms with E-state index in [0.29, 0.717) is 11.1 Å². The Morgan fingerprint density at radius 2 is 1.83 bits per heavy atom. The predicted molar refractivity (Wildman–Crippen MR) is 91.5 cm³/mol. The lowest BCUT2D eigenvalue weighted by Gasteiger charge is -2.11. The van der Waals surface area contributed by atoms with Crippen LogP contribution in [0.1, 0.15) is 29.1 Å². The zero-order valence-corrected chi connectivity index (χ0v) is 13.0. The normalized spacial score (nSPS) is 12.4. The first kappa shape index (κ1) is 14.3. The zero-order chi connectivity index (χ0) is 16.5. The van der Waals surface area contributed by atoms with Gasteiger partial charge in [-0.3, -0.25) is 14.8 Å². The zero-order valence-electron chi connectivity index (χ0n) is 13.0. The van der Waals surface area contributed by atoms with Gasteiger partial charge in [-0.05, 0) is 37.3 Å². The van der Waals surface area contributed by atoms with Gasteiger partial charge in [-0.1, -0.05) is 12.1 Å². The maximum atomic E-state index is 12.5. The van der Waals surface area contributed by atoms with Crippen LogP contribution < -0.4 is 5.32 Å². The van der Waals surface area contributed by atoms with Gasteiger partial charge in [-0.15, -0.1) is 0 Å². The number of carbonyl (C=O) groups excluding carboxylic acids is 1. The number of nitrogens with one attached hydrogen (secondary N) is 2. The topological polar surface area (TPSA) is 83.6 Å². The van der Waals surface area contributed by atoms with Crippen molar-refractivity contribution in [3.05, 3.63) is 66.2 Å². The molecule has 1 unspecified atom stereocenters. The molecule has 2 aromatic carbocycles. The van der Waals surface area contributed by atoms with Gasteiger partial charge in [0.25, 0.3) is 5.91 Å². The monoisotopic (exact) mass is 317 g/mol. The second-order valence-electron chi connectivity index (χ2n) is 5.59. The summed E-state index contributed by atoms with van der Waals surface area (Å²) in [6.45, 7) is 1.90. The van der Waals surface area contributed by atoms with E-state index in [1.54, 1.807) is 30.6 Å². The highest BCUT2D eigenvalue weighted by Gasteiger charge is 2.15. The first-order chi connectivity index (χ1) is 11.7. The number of H-pyrrole nitrogens is 1. The van der Waals surface area contributed by atoms with Gasteiger partial charge in [0, 0.05) is 18.0 Å². The molecular weight excluding hydrogens is 302 g/mol. The SMILES string of the molecule is CC(NC(=O)c1ccc2nccnc2c1)c1nc2ccccc2[nH]1. The summed E-state index contributed by atoms with van der Waals surface area (Å²) < 4.78 is 0. The molecule has 1 amide bonds. The molecule has 118 valence electrons. The molecular formula is C18H15N5O. The van der Waals surface area contributed by atoms with E-state index in [1.807, 2.05) is 31.2 Å². The molecule has 2 heterocycles. The third-order valence-electron chi connectivity index (χ3n) is 3.90. The highest BCUT2D eigenvalue weighted by atomic mass is 16.1. The van der Waals surface area contributed by atoms with Gasteiger partial charge in [0.1, 0.15) is 5.82 Å². The van der Waals surface area contributed by atoms with Crippen LogP contribution in [0.2, 0.25) is 0 Å². The molecule has 0 bridgehead atoms. The van der Waals surface area contributed by atoms with Crippen LogP contribution in [0.15, 0.2) is 54.9 Å². The Hall–Kier alpha value is -3.28. The second-order valence-corrected chi connectivity index (χ2v) is 5.59. The molecule has 6 nitrogen and oxygen atoms in total. The summed E-state index contributed by atoms with van der Waals surface area (Å²) >= 11 is 0. The van der Waals surface area contributed by atoms with E-state index in [4.69, 9.17) is 0 Å². The van der Waals surface area contributed by atoms with Gasteiger partial charge in [0.2, 0.25) is 0 Å². The summed E-state index contributed by atoms with van der Waals surface area (Å²) in [5.41, 5.74) is 3.84. The minimum absolute atomic E-state index is 0.171. The summed E-state index contributed by atoms with van der Waals surface area (Å²) in [5.74, 6) is 0.556. The Morgan fingerprint density at radius 3 is 2.67 bits per heavy atom. The van der Waals surface area contributed by atoms with Gasteiger partial charge in [-0.2, -0.15) is 0 Å². The van der Waals surface area contributed by atoms with Crippen LogP contribution in [0.4, 0.5) is 0 Å². The third-order valence-corrected chi connectivity index (χ3v) is 3.90. The molecule has 1 atom stereocenters. The number of aromatic amines is 1. The van der Waals surface area contributed by atoms with E-state index in [-0.39, 0.29) is 11.9 Å². The molecule has 0 aliphatic heterocycles. The highest BCUT2D eigenvalue weighted by Crippen LogP contribution is 2.17. The third kappa shape index (κ3) is 2.58. The van der Waals surface area contributed by atoms with Crippen molar-refractivity contribution in [2.75, 3.05) is 0 Å². The summed E-state index contributed by atoms with van der Waals surface area (Å²) in [6, 6.07) is 12.8. The van der Waals surface area contributed by atoms with Crippen LogP contribution >= 0.6 is 0 Å². The Kier molecular flexibility index (Phi) is 3.42. The van der Waals surface area contributed by atoms with Crippen molar-refractivity contribution in [1.82, 2.24) is 25.3 Å².